The summed E-state index contributed by atoms with van der Waals surface area (Å²) in [7, 11) is 0. The van der Waals surface area contributed by atoms with Crippen molar-refractivity contribution >= 4 is 15.9 Å². The summed E-state index contributed by atoms with van der Waals surface area (Å²) in [6.07, 6.45) is 2.18. The lowest BCUT2D eigenvalue weighted by molar-refractivity contribution is 0.348. The third kappa shape index (κ3) is 2.36. The number of hydrogen-bond donors (Lipinski definition) is 1. The summed E-state index contributed by atoms with van der Waals surface area (Å²) in [4.78, 5) is 0. The largest absolute Gasteiger partial charge is 0.488 e. The van der Waals surface area contributed by atoms with Crippen LogP contribution in [0.4, 0.5) is 0 Å². The zero-order chi connectivity index (χ0) is 9.80. The molecule has 1 heterocycles. The molecule has 0 unspecified atom stereocenters. The summed E-state index contributed by atoms with van der Waals surface area (Å²) < 4.78 is 6.67. The average Bonchev–Trinajstić information content (AvgIpc) is 2.69. The zero-order valence-corrected chi connectivity index (χ0v) is 9.38. The molecule has 0 saturated heterocycles. The van der Waals surface area contributed by atoms with Crippen molar-refractivity contribution in [3.05, 3.63) is 40.4 Å². The molecule has 2 rings (SSSR count). The molecule has 0 aliphatic carbocycles. The molecule has 0 fully saturated rings. The molecule has 1 aliphatic heterocycles. The number of ether oxygens (including phenoxy) is 1. The number of para-hydroxylation sites is 1. The predicted octanol–water partition coefficient (Wildman–Crippen LogP) is 2.36. The molecule has 1 N–H and O–H groups in total. The monoisotopic (exact) mass is 253 g/mol. The van der Waals surface area contributed by atoms with Crippen LogP contribution in [0.5, 0.6) is 5.75 Å². The van der Waals surface area contributed by atoms with E-state index in [4.69, 9.17) is 4.74 Å². The fourth-order valence-corrected chi connectivity index (χ4v) is 1.76. The van der Waals surface area contributed by atoms with Crippen molar-refractivity contribution < 1.29 is 4.74 Å². The van der Waals surface area contributed by atoms with E-state index in [1.54, 1.807) is 0 Å². The summed E-state index contributed by atoms with van der Waals surface area (Å²) in [5.41, 5.74) is 1.32. The van der Waals surface area contributed by atoms with E-state index in [-0.39, 0.29) is 0 Å². The lowest BCUT2D eigenvalue weighted by Gasteiger charge is -2.07. The molecule has 0 bridgehead atoms. The van der Waals surface area contributed by atoms with Gasteiger partial charge < -0.3 is 10.1 Å². The molecule has 0 saturated carbocycles. The van der Waals surface area contributed by atoms with Gasteiger partial charge in [-0.1, -0.05) is 18.2 Å². The summed E-state index contributed by atoms with van der Waals surface area (Å²) in [5, 5.41) is 3.24. The lowest BCUT2D eigenvalue weighted by atomic mass is 10.3. The minimum Gasteiger partial charge on any atom is -0.488 e. The fraction of sp³-hybridized carbons (Fsp3) is 0.273. The van der Waals surface area contributed by atoms with Gasteiger partial charge in [0.2, 0.25) is 0 Å². The van der Waals surface area contributed by atoms with Crippen LogP contribution in [0, 0.1) is 0 Å². The van der Waals surface area contributed by atoms with Crippen LogP contribution < -0.4 is 10.1 Å². The molecule has 0 radical (unpaired) electrons. The van der Waals surface area contributed by atoms with Crippen molar-refractivity contribution in [3.8, 4) is 5.75 Å². The van der Waals surface area contributed by atoms with E-state index in [1.807, 2.05) is 24.3 Å². The smallest absolute Gasteiger partial charge is 0.133 e. The predicted molar refractivity (Wildman–Crippen MR) is 60.6 cm³/mol. The van der Waals surface area contributed by atoms with Gasteiger partial charge in [0.1, 0.15) is 12.4 Å². The number of rotatable bonds is 3. The molecule has 74 valence electrons. The van der Waals surface area contributed by atoms with Gasteiger partial charge in [-0.25, -0.2) is 0 Å². The Kier molecular flexibility index (Phi) is 3.22. The summed E-state index contributed by atoms with van der Waals surface area (Å²) >= 11 is 3.45. The minimum atomic E-state index is 0.676. The molecule has 1 aromatic rings. The van der Waals surface area contributed by atoms with E-state index in [0.717, 1.165) is 23.3 Å². The standard InChI is InChI=1S/C11H12BrNO/c12-10-3-1-2-4-11(10)14-8-9-5-6-13-7-9/h1-5,13H,6-8H2. The second-order valence-corrected chi connectivity index (χ2v) is 4.07. The van der Waals surface area contributed by atoms with Crippen molar-refractivity contribution in [2.45, 2.75) is 0 Å². The van der Waals surface area contributed by atoms with Gasteiger partial charge in [-0.3, -0.25) is 0 Å². The first-order valence-corrected chi connectivity index (χ1v) is 5.41. The van der Waals surface area contributed by atoms with Crippen molar-refractivity contribution in [2.24, 2.45) is 0 Å². The van der Waals surface area contributed by atoms with Crippen LogP contribution in [0.3, 0.4) is 0 Å². The molecule has 2 nitrogen and oxygen atoms in total. The Morgan fingerprint density at radius 2 is 2.21 bits per heavy atom. The Morgan fingerprint density at radius 1 is 1.36 bits per heavy atom. The summed E-state index contributed by atoms with van der Waals surface area (Å²) in [6.45, 7) is 2.59. The molecule has 0 aromatic heterocycles. The van der Waals surface area contributed by atoms with Gasteiger partial charge in [-0.15, -0.1) is 0 Å². The van der Waals surface area contributed by atoms with Crippen molar-refractivity contribution in [1.29, 1.82) is 0 Å². The lowest BCUT2D eigenvalue weighted by Crippen LogP contribution is -2.11. The Morgan fingerprint density at radius 3 is 2.93 bits per heavy atom. The maximum absolute atomic E-state index is 5.67. The molecule has 0 amide bonds. The minimum absolute atomic E-state index is 0.676. The van der Waals surface area contributed by atoms with E-state index >= 15 is 0 Å². The van der Waals surface area contributed by atoms with Gasteiger partial charge in [0, 0.05) is 13.1 Å². The van der Waals surface area contributed by atoms with Crippen molar-refractivity contribution in [2.75, 3.05) is 19.7 Å². The highest BCUT2D eigenvalue weighted by Gasteiger charge is 2.05. The van der Waals surface area contributed by atoms with E-state index in [2.05, 4.69) is 27.3 Å². The Balaban J connectivity index is 1.94. The van der Waals surface area contributed by atoms with Gasteiger partial charge >= 0.3 is 0 Å². The Labute approximate surface area is 92.1 Å². The second kappa shape index (κ2) is 4.62. The number of nitrogens with one attached hydrogen (secondary N) is 1. The van der Waals surface area contributed by atoms with Gasteiger partial charge in [-0.2, -0.15) is 0 Å². The van der Waals surface area contributed by atoms with Crippen LogP contribution in [0.2, 0.25) is 0 Å². The third-order valence-electron chi connectivity index (χ3n) is 2.14. The van der Waals surface area contributed by atoms with Crippen LogP contribution in [0.15, 0.2) is 40.4 Å². The quantitative estimate of drug-likeness (QED) is 0.836. The number of benzene rings is 1. The maximum atomic E-state index is 5.67. The van der Waals surface area contributed by atoms with E-state index in [0.29, 0.717) is 6.61 Å². The fourth-order valence-electron chi connectivity index (χ4n) is 1.36. The highest BCUT2D eigenvalue weighted by Crippen LogP contribution is 2.24. The van der Waals surface area contributed by atoms with E-state index in [1.165, 1.54) is 5.57 Å². The molecule has 3 heteroatoms. The van der Waals surface area contributed by atoms with Gasteiger partial charge in [0.15, 0.2) is 0 Å². The highest BCUT2D eigenvalue weighted by molar-refractivity contribution is 9.10. The first-order valence-electron chi connectivity index (χ1n) is 4.62. The van der Waals surface area contributed by atoms with Crippen LogP contribution >= 0.6 is 15.9 Å². The molecular weight excluding hydrogens is 242 g/mol. The maximum Gasteiger partial charge on any atom is 0.133 e. The van der Waals surface area contributed by atoms with Crippen LogP contribution in [-0.2, 0) is 0 Å². The van der Waals surface area contributed by atoms with Crippen molar-refractivity contribution in [3.63, 3.8) is 0 Å². The second-order valence-electron chi connectivity index (χ2n) is 3.21. The number of hydrogen-bond acceptors (Lipinski definition) is 2. The normalized spacial score (nSPS) is 15.4. The molecular formula is C11H12BrNO. The Hall–Kier alpha value is -0.800. The van der Waals surface area contributed by atoms with Crippen LogP contribution in [0.25, 0.3) is 0 Å². The topological polar surface area (TPSA) is 21.3 Å². The van der Waals surface area contributed by atoms with Crippen LogP contribution in [-0.4, -0.2) is 19.7 Å². The van der Waals surface area contributed by atoms with Crippen LogP contribution in [0.1, 0.15) is 0 Å². The Bertz CT molecular complexity index is 349. The van der Waals surface area contributed by atoms with Gasteiger partial charge in [0.25, 0.3) is 0 Å². The molecule has 1 aromatic carbocycles. The summed E-state index contributed by atoms with van der Waals surface area (Å²) in [6, 6.07) is 7.90. The molecule has 1 aliphatic rings. The first kappa shape index (κ1) is 9.74. The van der Waals surface area contributed by atoms with Gasteiger partial charge in [0.05, 0.1) is 4.47 Å². The molecule has 0 atom stereocenters. The summed E-state index contributed by atoms with van der Waals surface area (Å²) in [5.74, 6) is 0.903. The van der Waals surface area contributed by atoms with Crippen molar-refractivity contribution in [1.82, 2.24) is 5.32 Å². The highest BCUT2D eigenvalue weighted by atomic mass is 79.9. The van der Waals surface area contributed by atoms with E-state index in [9.17, 15) is 0 Å². The van der Waals surface area contributed by atoms with E-state index < -0.39 is 0 Å². The van der Waals surface area contributed by atoms with Gasteiger partial charge in [-0.05, 0) is 33.6 Å². The average molecular weight is 254 g/mol. The molecule has 14 heavy (non-hydrogen) atoms. The third-order valence-corrected chi connectivity index (χ3v) is 2.79. The first-order chi connectivity index (χ1) is 6.86. The molecule has 0 spiro atoms. The zero-order valence-electron chi connectivity index (χ0n) is 7.79. The SMILES string of the molecule is Brc1ccccc1OCC1=CCNC1. The number of halogens is 1.